The summed E-state index contributed by atoms with van der Waals surface area (Å²) < 4.78 is 5.27. The number of rotatable bonds is 6. The second-order valence-electron chi connectivity index (χ2n) is 6.78. The summed E-state index contributed by atoms with van der Waals surface area (Å²) in [6.07, 6.45) is 0. The number of carbonyl (C=O) groups is 3. The highest BCUT2D eigenvalue weighted by molar-refractivity contribution is 6.22. The average Bonchev–Trinajstić information content (AvgIpc) is 2.98. The lowest BCUT2D eigenvalue weighted by Crippen LogP contribution is -2.50. The van der Waals surface area contributed by atoms with Crippen molar-refractivity contribution in [3.8, 4) is 5.75 Å². The molecule has 2 aromatic rings. The maximum Gasteiger partial charge on any atom is 0.262 e. The zero-order valence-electron chi connectivity index (χ0n) is 16.5. The monoisotopic (exact) mass is 380 g/mol. The first kappa shape index (κ1) is 19.6. The summed E-state index contributed by atoms with van der Waals surface area (Å²) in [6.45, 7) is 5.85. The highest BCUT2D eigenvalue weighted by atomic mass is 16.5. The van der Waals surface area contributed by atoms with Crippen LogP contribution in [-0.2, 0) is 4.79 Å². The number of likely N-dealkylation sites (N-methyl/N-ethyl adjacent to an activating group) is 1. The van der Waals surface area contributed by atoms with Crippen LogP contribution >= 0.6 is 0 Å². The molecule has 3 rings (SSSR count). The third-order valence-electron chi connectivity index (χ3n) is 5.24. The van der Waals surface area contributed by atoms with E-state index in [1.54, 1.807) is 43.2 Å². The van der Waals surface area contributed by atoms with E-state index in [2.05, 4.69) is 0 Å². The summed E-state index contributed by atoms with van der Waals surface area (Å²) in [5.74, 6) is -0.411. The predicted molar refractivity (Wildman–Crippen MR) is 105 cm³/mol. The molecule has 0 aliphatic carbocycles. The highest BCUT2D eigenvalue weighted by Crippen LogP contribution is 2.28. The first-order valence-electron chi connectivity index (χ1n) is 9.32. The summed E-state index contributed by atoms with van der Waals surface area (Å²) in [6, 6.07) is 13.1. The van der Waals surface area contributed by atoms with Gasteiger partial charge in [-0.25, -0.2) is 0 Å². The van der Waals surface area contributed by atoms with Crippen molar-refractivity contribution in [2.24, 2.45) is 0 Å². The Kier molecular flexibility index (Phi) is 5.49. The normalized spacial score (nSPS) is 15.2. The molecule has 0 aromatic heterocycles. The Morgan fingerprint density at radius 2 is 1.64 bits per heavy atom. The molecule has 0 radical (unpaired) electrons. The lowest BCUT2D eigenvalue weighted by Gasteiger charge is -2.33. The van der Waals surface area contributed by atoms with Crippen LogP contribution in [0.2, 0.25) is 0 Å². The van der Waals surface area contributed by atoms with Gasteiger partial charge in [0.05, 0.1) is 24.3 Å². The van der Waals surface area contributed by atoms with Crippen molar-refractivity contribution >= 4 is 17.7 Å². The number of imide groups is 1. The van der Waals surface area contributed by atoms with E-state index in [1.807, 2.05) is 38.1 Å². The van der Waals surface area contributed by atoms with Gasteiger partial charge in [-0.1, -0.05) is 24.3 Å². The molecular weight excluding hydrogens is 356 g/mol. The van der Waals surface area contributed by atoms with Crippen molar-refractivity contribution in [2.45, 2.75) is 32.9 Å². The minimum absolute atomic E-state index is 0.231. The Hall–Kier alpha value is -3.15. The van der Waals surface area contributed by atoms with E-state index >= 15 is 0 Å². The minimum Gasteiger partial charge on any atom is -0.497 e. The third-order valence-corrected chi connectivity index (χ3v) is 5.24. The molecule has 146 valence electrons. The molecule has 1 aliphatic heterocycles. The summed E-state index contributed by atoms with van der Waals surface area (Å²) >= 11 is 0. The molecule has 0 N–H and O–H groups in total. The first-order valence-corrected chi connectivity index (χ1v) is 9.32. The van der Waals surface area contributed by atoms with E-state index < -0.39 is 17.9 Å². The molecule has 0 saturated heterocycles. The Morgan fingerprint density at radius 1 is 1.04 bits per heavy atom. The standard InChI is InChI=1S/C22H24N2O4/c1-5-23(14(2)16-9-8-10-17(13-16)28-4)20(25)15(3)24-21(26)18-11-6-7-12-19(18)22(24)27/h6-15H,5H2,1-4H3. The second-order valence-corrected chi connectivity index (χ2v) is 6.78. The van der Waals surface area contributed by atoms with Crippen molar-refractivity contribution in [3.63, 3.8) is 0 Å². The molecule has 2 unspecified atom stereocenters. The molecule has 0 bridgehead atoms. The minimum atomic E-state index is -0.889. The Morgan fingerprint density at radius 3 is 2.18 bits per heavy atom. The van der Waals surface area contributed by atoms with Gasteiger partial charge < -0.3 is 9.64 Å². The Balaban J connectivity index is 1.85. The van der Waals surface area contributed by atoms with Gasteiger partial charge in [-0.05, 0) is 50.6 Å². The number of amides is 3. The largest absolute Gasteiger partial charge is 0.497 e. The molecule has 2 atom stereocenters. The molecule has 0 fully saturated rings. The topological polar surface area (TPSA) is 66.9 Å². The van der Waals surface area contributed by atoms with Gasteiger partial charge in [0.15, 0.2) is 0 Å². The predicted octanol–water partition coefficient (Wildman–Crippen LogP) is 3.29. The number of ether oxygens (including phenoxy) is 1. The van der Waals surface area contributed by atoms with Gasteiger partial charge in [0.1, 0.15) is 11.8 Å². The van der Waals surface area contributed by atoms with E-state index in [9.17, 15) is 14.4 Å². The van der Waals surface area contributed by atoms with E-state index in [1.165, 1.54) is 0 Å². The van der Waals surface area contributed by atoms with Gasteiger partial charge in [-0.15, -0.1) is 0 Å². The first-order chi connectivity index (χ1) is 13.4. The van der Waals surface area contributed by atoms with Gasteiger partial charge in [0.2, 0.25) is 5.91 Å². The summed E-state index contributed by atoms with van der Waals surface area (Å²) in [4.78, 5) is 41.4. The van der Waals surface area contributed by atoms with E-state index in [0.29, 0.717) is 23.4 Å². The number of hydrogen-bond acceptors (Lipinski definition) is 4. The zero-order chi connectivity index (χ0) is 20.4. The number of benzene rings is 2. The molecule has 28 heavy (non-hydrogen) atoms. The zero-order valence-corrected chi connectivity index (χ0v) is 16.5. The quantitative estimate of drug-likeness (QED) is 0.721. The average molecular weight is 380 g/mol. The van der Waals surface area contributed by atoms with Crippen LogP contribution < -0.4 is 4.74 Å². The fourth-order valence-electron chi connectivity index (χ4n) is 3.61. The molecule has 3 amide bonds. The van der Waals surface area contributed by atoms with Gasteiger partial charge >= 0.3 is 0 Å². The molecule has 0 spiro atoms. The fraction of sp³-hybridized carbons (Fsp3) is 0.318. The third kappa shape index (κ3) is 3.26. The van der Waals surface area contributed by atoms with Crippen molar-refractivity contribution in [2.75, 3.05) is 13.7 Å². The molecule has 6 heteroatoms. The maximum absolute atomic E-state index is 13.2. The van der Waals surface area contributed by atoms with Crippen LogP contribution in [0.15, 0.2) is 48.5 Å². The van der Waals surface area contributed by atoms with Crippen LogP contribution in [0.25, 0.3) is 0 Å². The van der Waals surface area contributed by atoms with Crippen LogP contribution in [-0.4, -0.2) is 47.2 Å². The smallest absolute Gasteiger partial charge is 0.262 e. The van der Waals surface area contributed by atoms with Crippen LogP contribution in [0.4, 0.5) is 0 Å². The van der Waals surface area contributed by atoms with Gasteiger partial charge in [-0.3, -0.25) is 19.3 Å². The SMILES string of the molecule is CCN(C(=O)C(C)N1C(=O)c2ccccc2C1=O)C(C)c1cccc(OC)c1. The van der Waals surface area contributed by atoms with Crippen molar-refractivity contribution < 1.29 is 19.1 Å². The van der Waals surface area contributed by atoms with Gasteiger partial charge in [0, 0.05) is 6.54 Å². The molecule has 1 heterocycles. The highest BCUT2D eigenvalue weighted by Gasteiger charge is 2.42. The molecule has 0 saturated carbocycles. The second kappa shape index (κ2) is 7.84. The van der Waals surface area contributed by atoms with Crippen LogP contribution in [0.5, 0.6) is 5.75 Å². The summed E-state index contributed by atoms with van der Waals surface area (Å²) in [5, 5.41) is 0. The van der Waals surface area contributed by atoms with Crippen LogP contribution in [0.3, 0.4) is 0 Å². The maximum atomic E-state index is 13.2. The molecule has 2 aromatic carbocycles. The Labute approximate surface area is 164 Å². The van der Waals surface area contributed by atoms with Crippen molar-refractivity contribution in [3.05, 3.63) is 65.2 Å². The summed E-state index contributed by atoms with van der Waals surface area (Å²) in [7, 11) is 1.59. The van der Waals surface area contributed by atoms with Gasteiger partial charge in [-0.2, -0.15) is 0 Å². The number of fused-ring (bicyclic) bond motifs is 1. The summed E-state index contributed by atoms with van der Waals surface area (Å²) in [5.41, 5.74) is 1.61. The number of hydrogen-bond donors (Lipinski definition) is 0. The number of nitrogens with zero attached hydrogens (tertiary/aromatic N) is 2. The van der Waals surface area contributed by atoms with E-state index in [4.69, 9.17) is 4.74 Å². The van der Waals surface area contributed by atoms with Crippen molar-refractivity contribution in [1.82, 2.24) is 9.80 Å². The van der Waals surface area contributed by atoms with Crippen LogP contribution in [0.1, 0.15) is 53.1 Å². The van der Waals surface area contributed by atoms with Gasteiger partial charge in [0.25, 0.3) is 11.8 Å². The lowest BCUT2D eigenvalue weighted by molar-refractivity contribution is -0.136. The number of carbonyl (C=O) groups excluding carboxylic acids is 3. The lowest BCUT2D eigenvalue weighted by atomic mass is 10.1. The molecule has 1 aliphatic rings. The van der Waals surface area contributed by atoms with Crippen LogP contribution in [0, 0.1) is 0 Å². The molecular formula is C22H24N2O4. The molecule has 6 nitrogen and oxygen atoms in total. The number of methoxy groups -OCH3 is 1. The Bertz CT molecular complexity index is 889. The fourth-order valence-corrected chi connectivity index (χ4v) is 3.61. The van der Waals surface area contributed by atoms with E-state index in [-0.39, 0.29) is 11.9 Å². The van der Waals surface area contributed by atoms with Crippen molar-refractivity contribution in [1.29, 1.82) is 0 Å². The van der Waals surface area contributed by atoms with E-state index in [0.717, 1.165) is 10.5 Å².